The molecule has 0 amide bonds. The second kappa shape index (κ2) is 7.86. The van der Waals surface area contributed by atoms with E-state index in [-0.39, 0.29) is 30.5 Å². The topological polar surface area (TPSA) is 41.6 Å². The molecule has 3 nitrogen and oxygen atoms in total. The second-order valence-electron chi connectivity index (χ2n) is 4.92. The fraction of sp³-hybridized carbons (Fsp3) is 0.500. The van der Waals surface area contributed by atoms with Gasteiger partial charge < -0.3 is 10.6 Å². The molecule has 1 aromatic carbocycles. The predicted molar refractivity (Wildman–Crippen MR) is 87.6 cm³/mol. The molecule has 0 saturated carbocycles. The normalized spacial score (nSPS) is 16.5. The van der Waals surface area contributed by atoms with Gasteiger partial charge in [-0.15, -0.1) is 24.0 Å². The quantitative estimate of drug-likeness (QED) is 0.457. The molecule has 0 aliphatic carbocycles. The smallest absolute Gasteiger partial charge is 0.370 e. The summed E-state index contributed by atoms with van der Waals surface area (Å²) in [5.74, 6) is 0.419. The first-order chi connectivity index (χ1) is 9.47. The van der Waals surface area contributed by atoms with Gasteiger partial charge in [0.05, 0.1) is 12.1 Å². The van der Waals surface area contributed by atoms with Gasteiger partial charge in [0.25, 0.3) is 0 Å². The highest BCUT2D eigenvalue weighted by molar-refractivity contribution is 14.0. The average Bonchev–Trinajstić information content (AvgIpc) is 2.45. The average molecular weight is 413 g/mol. The first-order valence-electron chi connectivity index (χ1n) is 6.68. The Labute approximate surface area is 139 Å². The van der Waals surface area contributed by atoms with Gasteiger partial charge >= 0.3 is 6.18 Å². The molecule has 7 heteroatoms. The van der Waals surface area contributed by atoms with E-state index < -0.39 is 11.7 Å². The van der Waals surface area contributed by atoms with Gasteiger partial charge in [-0.1, -0.05) is 12.1 Å². The second-order valence-corrected chi connectivity index (χ2v) is 4.92. The van der Waals surface area contributed by atoms with Crippen LogP contribution in [-0.4, -0.2) is 23.9 Å². The van der Waals surface area contributed by atoms with Crippen molar-refractivity contribution < 1.29 is 13.2 Å². The summed E-state index contributed by atoms with van der Waals surface area (Å²) < 4.78 is 37.8. The predicted octanol–water partition coefficient (Wildman–Crippen LogP) is 3.62. The Bertz CT molecular complexity index is 483. The molecule has 2 N–H and O–H groups in total. The lowest BCUT2D eigenvalue weighted by Crippen LogP contribution is -2.40. The Kier molecular flexibility index (Phi) is 6.76. The van der Waals surface area contributed by atoms with Crippen LogP contribution in [0.4, 0.5) is 13.2 Å². The first kappa shape index (κ1) is 18.1. The van der Waals surface area contributed by atoms with Gasteiger partial charge in [0.15, 0.2) is 5.96 Å². The van der Waals surface area contributed by atoms with Gasteiger partial charge in [-0.3, -0.25) is 0 Å². The highest BCUT2D eigenvalue weighted by Gasteiger charge is 2.30. The van der Waals surface area contributed by atoms with E-state index in [9.17, 15) is 13.2 Å². The lowest BCUT2D eigenvalue weighted by molar-refractivity contribution is -0.137. The van der Waals surface area contributed by atoms with Crippen molar-refractivity contribution in [1.82, 2.24) is 4.90 Å². The highest BCUT2D eigenvalue weighted by atomic mass is 127. The Morgan fingerprint density at radius 1 is 1.19 bits per heavy atom. The van der Waals surface area contributed by atoms with E-state index in [4.69, 9.17) is 5.73 Å². The molecule has 1 heterocycles. The molecule has 1 fully saturated rings. The number of halogens is 4. The van der Waals surface area contributed by atoms with Crippen molar-refractivity contribution in [2.75, 3.05) is 13.1 Å². The third kappa shape index (κ3) is 5.37. The minimum Gasteiger partial charge on any atom is -0.370 e. The summed E-state index contributed by atoms with van der Waals surface area (Å²) in [7, 11) is 0. The third-order valence-corrected chi connectivity index (χ3v) is 3.36. The summed E-state index contributed by atoms with van der Waals surface area (Å²) in [5.41, 5.74) is 5.74. The summed E-state index contributed by atoms with van der Waals surface area (Å²) in [6, 6.07) is 5.20. The maximum absolute atomic E-state index is 12.6. The summed E-state index contributed by atoms with van der Waals surface area (Å²) in [6.07, 6.45) is -0.963. The van der Waals surface area contributed by atoms with Gasteiger partial charge in [-0.2, -0.15) is 13.2 Å². The van der Waals surface area contributed by atoms with E-state index in [2.05, 4.69) is 4.99 Å². The molecule has 2 rings (SSSR count). The van der Waals surface area contributed by atoms with Crippen LogP contribution in [0.3, 0.4) is 0 Å². The molecule has 118 valence electrons. The maximum atomic E-state index is 12.6. The van der Waals surface area contributed by atoms with Crippen molar-refractivity contribution in [2.45, 2.75) is 32.0 Å². The van der Waals surface area contributed by atoms with Gasteiger partial charge in [0.1, 0.15) is 0 Å². The van der Waals surface area contributed by atoms with Crippen LogP contribution in [0.5, 0.6) is 0 Å². The fourth-order valence-electron chi connectivity index (χ4n) is 2.24. The van der Waals surface area contributed by atoms with Crippen molar-refractivity contribution in [2.24, 2.45) is 10.7 Å². The lowest BCUT2D eigenvalue weighted by Gasteiger charge is -2.27. The summed E-state index contributed by atoms with van der Waals surface area (Å²) in [5, 5.41) is 0. The standard InChI is InChI=1S/C14H18F3N3.HI/c15-14(16,17)12-6-4-5-11(9-12)10-19-13(18)20-7-2-1-3-8-20;/h4-6,9H,1-3,7-8,10H2,(H2,18,19);1H. The summed E-state index contributed by atoms with van der Waals surface area (Å²) in [4.78, 5) is 6.18. The lowest BCUT2D eigenvalue weighted by atomic mass is 10.1. The molecule has 21 heavy (non-hydrogen) atoms. The molecule has 1 saturated heterocycles. The molecular formula is C14H19F3IN3. The summed E-state index contributed by atoms with van der Waals surface area (Å²) in [6.45, 7) is 1.92. The molecule has 1 aromatic rings. The molecule has 1 aliphatic heterocycles. The zero-order valence-electron chi connectivity index (χ0n) is 11.6. The van der Waals surface area contributed by atoms with E-state index >= 15 is 0 Å². The number of hydrogen-bond acceptors (Lipinski definition) is 1. The van der Waals surface area contributed by atoms with Crippen molar-refractivity contribution in [3.05, 3.63) is 35.4 Å². The van der Waals surface area contributed by atoms with Gasteiger partial charge in [-0.05, 0) is 37.0 Å². The fourth-order valence-corrected chi connectivity index (χ4v) is 2.24. The number of alkyl halides is 3. The SMILES string of the molecule is I.NC(=NCc1cccc(C(F)(F)F)c1)N1CCCCC1. The number of nitrogens with two attached hydrogens (primary N) is 1. The number of likely N-dealkylation sites (tertiary alicyclic amines) is 1. The van der Waals surface area contributed by atoms with Crippen molar-refractivity contribution in [3.63, 3.8) is 0 Å². The van der Waals surface area contributed by atoms with E-state index in [1.54, 1.807) is 6.07 Å². The molecule has 0 radical (unpaired) electrons. The van der Waals surface area contributed by atoms with E-state index in [0.717, 1.165) is 38.1 Å². The van der Waals surface area contributed by atoms with Crippen LogP contribution in [0.15, 0.2) is 29.3 Å². The molecule has 0 unspecified atom stereocenters. The minimum absolute atomic E-state index is 0. The third-order valence-electron chi connectivity index (χ3n) is 3.36. The van der Waals surface area contributed by atoms with Crippen LogP contribution in [0, 0.1) is 0 Å². The molecule has 0 bridgehead atoms. The van der Waals surface area contributed by atoms with Crippen LogP contribution in [-0.2, 0) is 12.7 Å². The van der Waals surface area contributed by atoms with Crippen LogP contribution >= 0.6 is 24.0 Å². The van der Waals surface area contributed by atoms with E-state index in [1.807, 2.05) is 4.90 Å². The number of aliphatic imine (C=N–C) groups is 1. The number of guanidine groups is 1. The van der Waals surface area contributed by atoms with Gasteiger partial charge in [0.2, 0.25) is 0 Å². The van der Waals surface area contributed by atoms with Gasteiger partial charge in [0, 0.05) is 13.1 Å². The van der Waals surface area contributed by atoms with Crippen molar-refractivity contribution in [1.29, 1.82) is 0 Å². The van der Waals surface area contributed by atoms with Crippen LogP contribution in [0.1, 0.15) is 30.4 Å². The molecule has 0 atom stereocenters. The molecular weight excluding hydrogens is 394 g/mol. The summed E-state index contributed by atoms with van der Waals surface area (Å²) >= 11 is 0. The van der Waals surface area contributed by atoms with Crippen molar-refractivity contribution >= 4 is 29.9 Å². The first-order valence-corrected chi connectivity index (χ1v) is 6.68. The largest absolute Gasteiger partial charge is 0.416 e. The highest BCUT2D eigenvalue weighted by Crippen LogP contribution is 2.29. The Hall–Kier alpha value is -0.990. The Balaban J connectivity index is 0.00000220. The number of rotatable bonds is 2. The number of nitrogens with zero attached hydrogens (tertiary/aromatic N) is 2. The van der Waals surface area contributed by atoms with Crippen molar-refractivity contribution in [3.8, 4) is 0 Å². The minimum atomic E-state index is -4.32. The van der Waals surface area contributed by atoms with Crippen LogP contribution in [0.2, 0.25) is 0 Å². The van der Waals surface area contributed by atoms with Crippen LogP contribution < -0.4 is 5.73 Å². The zero-order chi connectivity index (χ0) is 14.6. The molecule has 0 spiro atoms. The van der Waals surface area contributed by atoms with Gasteiger partial charge in [-0.25, -0.2) is 4.99 Å². The number of benzene rings is 1. The Morgan fingerprint density at radius 2 is 1.86 bits per heavy atom. The van der Waals surface area contributed by atoms with E-state index in [0.29, 0.717) is 11.5 Å². The number of hydrogen-bond donors (Lipinski definition) is 1. The van der Waals surface area contributed by atoms with Crippen LogP contribution in [0.25, 0.3) is 0 Å². The van der Waals surface area contributed by atoms with E-state index in [1.165, 1.54) is 12.5 Å². The maximum Gasteiger partial charge on any atom is 0.416 e. The zero-order valence-corrected chi connectivity index (χ0v) is 13.9. The monoisotopic (exact) mass is 413 g/mol. The Morgan fingerprint density at radius 3 is 2.48 bits per heavy atom. The molecule has 0 aromatic heterocycles. The number of piperidine rings is 1. The molecule has 1 aliphatic rings.